The van der Waals surface area contributed by atoms with Gasteiger partial charge in [0.15, 0.2) is 5.13 Å². The van der Waals surface area contributed by atoms with Gasteiger partial charge in [0.1, 0.15) is 10.9 Å². The number of amides is 1. The molecule has 1 aromatic heterocycles. The number of carbonyl (C=O) groups is 2. The maximum absolute atomic E-state index is 12.5. The van der Waals surface area contributed by atoms with Crippen molar-refractivity contribution in [2.75, 3.05) is 11.5 Å². The van der Waals surface area contributed by atoms with Gasteiger partial charge in [-0.2, -0.15) is 0 Å². The Morgan fingerprint density at radius 2 is 2.26 bits per heavy atom. The lowest BCUT2D eigenvalue weighted by atomic mass is 10.2. The molecule has 1 fully saturated rings. The molecule has 1 aromatic rings. The first-order valence-corrected chi connectivity index (χ1v) is 7.72. The van der Waals surface area contributed by atoms with E-state index in [1.807, 2.05) is 6.92 Å². The van der Waals surface area contributed by atoms with Crippen LogP contribution in [0.2, 0.25) is 0 Å². The number of aromatic nitrogens is 1. The first-order valence-electron chi connectivity index (χ1n) is 5.85. The van der Waals surface area contributed by atoms with E-state index in [9.17, 15) is 14.7 Å². The number of hydrogen-bond acceptors (Lipinski definition) is 6. The second-order valence-corrected chi connectivity index (χ2v) is 6.47. The van der Waals surface area contributed by atoms with Crippen LogP contribution in [0.4, 0.5) is 5.13 Å². The molecule has 104 valence electrons. The minimum Gasteiger partial charge on any atom is -0.480 e. The van der Waals surface area contributed by atoms with E-state index in [1.165, 1.54) is 16.7 Å². The zero-order valence-electron chi connectivity index (χ0n) is 10.6. The first-order chi connectivity index (χ1) is 8.95. The number of carbonyl (C=O) groups excluding carboxylic acids is 1. The predicted molar refractivity (Wildman–Crippen MR) is 75.4 cm³/mol. The third kappa shape index (κ3) is 2.55. The van der Waals surface area contributed by atoms with E-state index in [2.05, 4.69) is 4.98 Å². The van der Waals surface area contributed by atoms with Crippen LogP contribution in [0.15, 0.2) is 0 Å². The fourth-order valence-electron chi connectivity index (χ4n) is 2.07. The molecule has 1 aliphatic rings. The van der Waals surface area contributed by atoms with E-state index in [4.69, 9.17) is 5.73 Å². The van der Waals surface area contributed by atoms with Crippen molar-refractivity contribution in [2.24, 2.45) is 0 Å². The lowest BCUT2D eigenvalue weighted by molar-refractivity contribution is -0.141. The van der Waals surface area contributed by atoms with Crippen molar-refractivity contribution in [3.8, 4) is 0 Å². The first kappa shape index (κ1) is 14.1. The molecular formula is C11H15N3O3S2. The smallest absolute Gasteiger partial charge is 0.327 e. The van der Waals surface area contributed by atoms with Gasteiger partial charge in [0.2, 0.25) is 0 Å². The number of nitrogens with zero attached hydrogens (tertiary/aromatic N) is 2. The van der Waals surface area contributed by atoms with Crippen LogP contribution in [0, 0.1) is 6.92 Å². The van der Waals surface area contributed by atoms with Gasteiger partial charge in [-0.3, -0.25) is 4.79 Å². The van der Waals surface area contributed by atoms with Crippen LogP contribution in [0.3, 0.4) is 0 Å². The third-order valence-electron chi connectivity index (χ3n) is 2.97. The highest BCUT2D eigenvalue weighted by molar-refractivity contribution is 8.00. The van der Waals surface area contributed by atoms with Gasteiger partial charge in [0.05, 0.1) is 11.1 Å². The molecule has 8 heteroatoms. The van der Waals surface area contributed by atoms with Crippen LogP contribution in [-0.4, -0.2) is 44.0 Å². The molecule has 2 unspecified atom stereocenters. The molecule has 1 saturated heterocycles. The molecule has 1 aliphatic heterocycles. The van der Waals surface area contributed by atoms with Crippen LogP contribution >= 0.6 is 23.1 Å². The van der Waals surface area contributed by atoms with Crippen molar-refractivity contribution < 1.29 is 14.7 Å². The van der Waals surface area contributed by atoms with Crippen LogP contribution in [0.5, 0.6) is 0 Å². The molecule has 0 saturated carbocycles. The van der Waals surface area contributed by atoms with Crippen molar-refractivity contribution in [2.45, 2.75) is 31.7 Å². The van der Waals surface area contributed by atoms with Gasteiger partial charge in [0, 0.05) is 5.75 Å². The van der Waals surface area contributed by atoms with Gasteiger partial charge >= 0.3 is 5.97 Å². The minimum atomic E-state index is -0.966. The maximum atomic E-state index is 12.5. The molecule has 0 radical (unpaired) electrons. The Balaban J connectivity index is 2.33. The van der Waals surface area contributed by atoms with E-state index in [-0.39, 0.29) is 11.3 Å². The fourth-order valence-corrected chi connectivity index (χ4v) is 4.20. The SMILES string of the molecule is CCC1SCC(C(=O)O)N1C(=O)c1sc(N)nc1C. The average molecular weight is 301 g/mol. The maximum Gasteiger partial charge on any atom is 0.327 e. The summed E-state index contributed by atoms with van der Waals surface area (Å²) in [5.41, 5.74) is 6.15. The molecule has 19 heavy (non-hydrogen) atoms. The number of carboxylic acids is 1. The summed E-state index contributed by atoms with van der Waals surface area (Å²) < 4.78 is 0. The third-order valence-corrected chi connectivity index (χ3v) is 5.40. The molecule has 0 spiro atoms. The molecule has 2 heterocycles. The Labute approximate surface area is 119 Å². The predicted octanol–water partition coefficient (Wildman–Crippen LogP) is 1.41. The van der Waals surface area contributed by atoms with Crippen molar-refractivity contribution >= 4 is 40.1 Å². The van der Waals surface area contributed by atoms with Crippen molar-refractivity contribution in [3.05, 3.63) is 10.6 Å². The van der Waals surface area contributed by atoms with Crippen LogP contribution < -0.4 is 5.73 Å². The summed E-state index contributed by atoms with van der Waals surface area (Å²) in [6.07, 6.45) is 0.716. The lowest BCUT2D eigenvalue weighted by Gasteiger charge is -2.26. The van der Waals surface area contributed by atoms with E-state index in [0.29, 0.717) is 27.9 Å². The number of aliphatic carboxylic acids is 1. The number of anilines is 1. The summed E-state index contributed by atoms with van der Waals surface area (Å²) in [5.74, 6) is -0.824. The van der Waals surface area contributed by atoms with Crippen molar-refractivity contribution in [1.82, 2.24) is 9.88 Å². The van der Waals surface area contributed by atoms with Gasteiger partial charge in [-0.05, 0) is 13.3 Å². The minimum absolute atomic E-state index is 0.101. The van der Waals surface area contributed by atoms with Crippen LogP contribution in [0.25, 0.3) is 0 Å². The number of thioether (sulfide) groups is 1. The number of aryl methyl sites for hydroxylation is 1. The number of carboxylic acid groups (broad SMARTS) is 1. The van der Waals surface area contributed by atoms with Gasteiger partial charge in [-0.25, -0.2) is 9.78 Å². The van der Waals surface area contributed by atoms with Crippen LogP contribution in [0.1, 0.15) is 28.7 Å². The summed E-state index contributed by atoms with van der Waals surface area (Å²) in [5, 5.41) is 9.45. The Kier molecular flexibility index (Phi) is 4.00. The summed E-state index contributed by atoms with van der Waals surface area (Å²) in [7, 11) is 0. The van der Waals surface area contributed by atoms with E-state index in [1.54, 1.807) is 6.92 Å². The van der Waals surface area contributed by atoms with Gasteiger partial charge in [-0.1, -0.05) is 18.3 Å². The van der Waals surface area contributed by atoms with E-state index >= 15 is 0 Å². The molecule has 3 N–H and O–H groups in total. The Morgan fingerprint density at radius 3 is 2.74 bits per heavy atom. The quantitative estimate of drug-likeness (QED) is 0.876. The van der Waals surface area contributed by atoms with Crippen molar-refractivity contribution in [1.29, 1.82) is 0 Å². The molecule has 6 nitrogen and oxygen atoms in total. The number of nitrogens with two attached hydrogens (primary N) is 1. The molecule has 0 aromatic carbocycles. The topological polar surface area (TPSA) is 96.5 Å². The Morgan fingerprint density at radius 1 is 1.58 bits per heavy atom. The highest BCUT2D eigenvalue weighted by atomic mass is 32.2. The summed E-state index contributed by atoms with van der Waals surface area (Å²) in [6.45, 7) is 3.65. The summed E-state index contributed by atoms with van der Waals surface area (Å²) in [6, 6.07) is -0.773. The number of thiazole rings is 1. The Bertz CT molecular complexity index is 517. The molecule has 0 aliphatic carbocycles. The standard InChI is InChI=1S/C11H15N3O3S2/c1-3-7-14(6(4-18-7)10(16)17)9(15)8-5(2)13-11(12)19-8/h6-7H,3-4H2,1-2H3,(H2,12,13)(H,16,17). The zero-order chi connectivity index (χ0) is 14.2. The molecule has 2 rings (SSSR count). The van der Waals surface area contributed by atoms with Crippen LogP contribution in [-0.2, 0) is 4.79 Å². The molecular weight excluding hydrogens is 286 g/mol. The molecule has 2 atom stereocenters. The average Bonchev–Trinajstić information content (AvgIpc) is 2.91. The number of nitrogen functional groups attached to an aromatic ring is 1. The second kappa shape index (κ2) is 5.38. The fraction of sp³-hybridized carbons (Fsp3) is 0.545. The van der Waals surface area contributed by atoms with Gasteiger partial charge in [-0.15, -0.1) is 11.8 Å². The lowest BCUT2D eigenvalue weighted by Crippen LogP contribution is -2.45. The second-order valence-electron chi connectivity index (χ2n) is 4.23. The molecule has 1 amide bonds. The number of hydrogen-bond donors (Lipinski definition) is 2. The van der Waals surface area contributed by atoms with Crippen molar-refractivity contribution in [3.63, 3.8) is 0 Å². The van der Waals surface area contributed by atoms with E-state index < -0.39 is 12.0 Å². The van der Waals surface area contributed by atoms with E-state index in [0.717, 1.165) is 11.3 Å². The highest BCUT2D eigenvalue weighted by Crippen LogP contribution is 2.34. The van der Waals surface area contributed by atoms with Gasteiger partial charge in [0.25, 0.3) is 5.91 Å². The number of rotatable bonds is 3. The summed E-state index contributed by atoms with van der Waals surface area (Å²) in [4.78, 5) is 29.7. The zero-order valence-corrected chi connectivity index (χ0v) is 12.3. The monoisotopic (exact) mass is 301 g/mol. The highest BCUT2D eigenvalue weighted by Gasteiger charge is 2.42. The summed E-state index contributed by atoms with van der Waals surface area (Å²) >= 11 is 2.61. The Hall–Kier alpha value is -1.28. The largest absolute Gasteiger partial charge is 0.480 e. The normalized spacial score (nSPS) is 22.7. The van der Waals surface area contributed by atoms with Gasteiger partial charge < -0.3 is 15.7 Å². The molecule has 0 bridgehead atoms.